The van der Waals surface area contributed by atoms with Gasteiger partial charge in [0.15, 0.2) is 0 Å². The molecule has 0 aliphatic carbocycles. The van der Waals surface area contributed by atoms with Crippen LogP contribution < -0.4 is 19.1 Å². The van der Waals surface area contributed by atoms with Crippen LogP contribution in [0.15, 0.2) is 42.5 Å². The van der Waals surface area contributed by atoms with Crippen LogP contribution in [0.1, 0.15) is 36.9 Å². The predicted octanol–water partition coefficient (Wildman–Crippen LogP) is 3.44. The van der Waals surface area contributed by atoms with E-state index in [4.69, 9.17) is 9.47 Å². The summed E-state index contributed by atoms with van der Waals surface area (Å²) >= 11 is 0. The fourth-order valence-corrected chi connectivity index (χ4v) is 4.18. The summed E-state index contributed by atoms with van der Waals surface area (Å²) in [5.74, 6) is 1.17. The Kier molecular flexibility index (Phi) is 8.11. The number of aryl methyl sites for hydroxylation is 1. The Morgan fingerprint density at radius 2 is 1.87 bits per heavy atom. The monoisotopic (exact) mass is 434 g/mol. The van der Waals surface area contributed by atoms with Crippen molar-refractivity contribution in [1.82, 2.24) is 5.32 Å². The molecule has 0 saturated heterocycles. The first kappa shape index (κ1) is 23.5. The van der Waals surface area contributed by atoms with E-state index in [-0.39, 0.29) is 24.9 Å². The summed E-state index contributed by atoms with van der Waals surface area (Å²) in [6.45, 7) is 4.00. The highest BCUT2D eigenvalue weighted by Gasteiger charge is 2.19. The number of ether oxygens (including phenoxy) is 2. The number of hydrogen-bond acceptors (Lipinski definition) is 5. The Bertz CT molecular complexity index is 975. The standard InChI is InChI=1S/C22H30N2O5S/c1-16-8-6-9-18(14-16)24(30(5,26)27)13-7-10-22(25)23-17(2)20-15-19(28-3)11-12-21(20)29-4/h6,8-9,11-12,14-15,17H,7,10,13H2,1-5H3,(H,23,25)/t17-/m1/s1. The van der Waals surface area contributed by atoms with Crippen LogP contribution in [0.3, 0.4) is 0 Å². The van der Waals surface area contributed by atoms with Gasteiger partial charge in [0.25, 0.3) is 0 Å². The minimum absolute atomic E-state index is 0.162. The summed E-state index contributed by atoms with van der Waals surface area (Å²) in [5, 5.41) is 2.94. The highest BCUT2D eigenvalue weighted by molar-refractivity contribution is 7.92. The number of benzene rings is 2. The van der Waals surface area contributed by atoms with Crippen LogP contribution in [0.2, 0.25) is 0 Å². The van der Waals surface area contributed by atoms with Crippen molar-refractivity contribution in [1.29, 1.82) is 0 Å². The van der Waals surface area contributed by atoms with Gasteiger partial charge in [-0.15, -0.1) is 0 Å². The Balaban J connectivity index is 2.00. The zero-order chi connectivity index (χ0) is 22.3. The molecular weight excluding hydrogens is 404 g/mol. The minimum Gasteiger partial charge on any atom is -0.497 e. The normalized spacial score (nSPS) is 12.2. The number of sulfonamides is 1. The molecule has 8 heteroatoms. The lowest BCUT2D eigenvalue weighted by molar-refractivity contribution is -0.121. The van der Waals surface area contributed by atoms with E-state index in [2.05, 4.69) is 5.32 Å². The van der Waals surface area contributed by atoms with Gasteiger partial charge in [0.2, 0.25) is 15.9 Å². The maximum Gasteiger partial charge on any atom is 0.232 e. The number of carbonyl (C=O) groups is 1. The molecule has 2 aromatic rings. The van der Waals surface area contributed by atoms with Gasteiger partial charge in [-0.1, -0.05) is 12.1 Å². The third-order valence-corrected chi connectivity index (χ3v) is 5.93. The molecule has 30 heavy (non-hydrogen) atoms. The average molecular weight is 435 g/mol. The molecule has 0 aromatic heterocycles. The van der Waals surface area contributed by atoms with E-state index < -0.39 is 10.0 Å². The van der Waals surface area contributed by atoms with Crippen LogP contribution in [0.25, 0.3) is 0 Å². The maximum atomic E-state index is 12.5. The molecule has 0 radical (unpaired) electrons. The molecule has 0 bridgehead atoms. The summed E-state index contributed by atoms with van der Waals surface area (Å²) in [6.07, 6.45) is 1.77. The fourth-order valence-electron chi connectivity index (χ4n) is 3.22. The first-order valence-corrected chi connectivity index (χ1v) is 11.6. The Labute approximate surface area is 179 Å². The number of anilines is 1. The van der Waals surface area contributed by atoms with E-state index in [1.807, 2.05) is 38.1 Å². The number of rotatable bonds is 10. The Morgan fingerprint density at radius 3 is 2.47 bits per heavy atom. The number of nitrogens with zero attached hydrogens (tertiary/aromatic N) is 1. The fraction of sp³-hybridized carbons (Fsp3) is 0.409. The average Bonchev–Trinajstić information content (AvgIpc) is 2.69. The second-order valence-corrected chi connectivity index (χ2v) is 9.08. The van der Waals surface area contributed by atoms with Crippen LogP contribution in [0.4, 0.5) is 5.69 Å². The molecule has 1 atom stereocenters. The Morgan fingerprint density at radius 1 is 1.13 bits per heavy atom. The zero-order valence-corrected chi connectivity index (χ0v) is 19.0. The number of hydrogen-bond donors (Lipinski definition) is 1. The smallest absolute Gasteiger partial charge is 0.232 e. The lowest BCUT2D eigenvalue weighted by Crippen LogP contribution is -2.32. The van der Waals surface area contributed by atoms with Crippen LogP contribution in [0.5, 0.6) is 11.5 Å². The van der Waals surface area contributed by atoms with Gasteiger partial charge in [0, 0.05) is 18.5 Å². The van der Waals surface area contributed by atoms with Crippen molar-refractivity contribution in [3.8, 4) is 11.5 Å². The number of carbonyl (C=O) groups excluding carboxylic acids is 1. The number of methoxy groups -OCH3 is 2. The van der Waals surface area contributed by atoms with Gasteiger partial charge < -0.3 is 14.8 Å². The van der Waals surface area contributed by atoms with E-state index in [0.717, 1.165) is 11.1 Å². The molecule has 7 nitrogen and oxygen atoms in total. The van der Waals surface area contributed by atoms with Crippen LogP contribution in [-0.4, -0.2) is 41.3 Å². The molecule has 1 N–H and O–H groups in total. The second kappa shape index (κ2) is 10.3. The third kappa shape index (κ3) is 6.38. The zero-order valence-electron chi connectivity index (χ0n) is 18.1. The highest BCUT2D eigenvalue weighted by atomic mass is 32.2. The van der Waals surface area contributed by atoms with Gasteiger partial charge in [-0.05, 0) is 56.2 Å². The molecule has 0 unspecified atom stereocenters. The summed E-state index contributed by atoms with van der Waals surface area (Å²) in [7, 11) is -0.290. The van der Waals surface area contributed by atoms with Crippen molar-refractivity contribution < 1.29 is 22.7 Å². The van der Waals surface area contributed by atoms with E-state index in [1.54, 1.807) is 32.4 Å². The molecule has 2 aromatic carbocycles. The second-order valence-electron chi connectivity index (χ2n) is 7.17. The van der Waals surface area contributed by atoms with E-state index >= 15 is 0 Å². The van der Waals surface area contributed by atoms with Crippen LogP contribution in [0, 0.1) is 6.92 Å². The van der Waals surface area contributed by atoms with E-state index in [9.17, 15) is 13.2 Å². The summed E-state index contributed by atoms with van der Waals surface area (Å²) in [4.78, 5) is 12.5. The van der Waals surface area contributed by atoms with Gasteiger partial charge in [0.05, 0.1) is 32.2 Å². The molecule has 0 aliphatic rings. The largest absolute Gasteiger partial charge is 0.497 e. The van der Waals surface area contributed by atoms with Crippen LogP contribution in [-0.2, 0) is 14.8 Å². The molecule has 0 fully saturated rings. The molecular formula is C22H30N2O5S. The van der Waals surface area contributed by atoms with E-state index in [1.165, 1.54) is 10.6 Å². The van der Waals surface area contributed by atoms with Crippen molar-refractivity contribution in [3.63, 3.8) is 0 Å². The lowest BCUT2D eigenvalue weighted by Gasteiger charge is -2.23. The highest BCUT2D eigenvalue weighted by Crippen LogP contribution is 2.29. The molecule has 164 valence electrons. The Hall–Kier alpha value is -2.74. The maximum absolute atomic E-state index is 12.5. The first-order chi connectivity index (χ1) is 14.2. The lowest BCUT2D eigenvalue weighted by atomic mass is 10.1. The van der Waals surface area contributed by atoms with Crippen molar-refractivity contribution >= 4 is 21.6 Å². The summed E-state index contributed by atoms with van der Waals surface area (Å²) in [6, 6.07) is 12.4. The molecule has 0 aliphatic heterocycles. The van der Waals surface area contributed by atoms with Crippen molar-refractivity contribution in [3.05, 3.63) is 53.6 Å². The van der Waals surface area contributed by atoms with Gasteiger partial charge in [0.1, 0.15) is 11.5 Å². The molecule has 1 amide bonds. The van der Waals surface area contributed by atoms with Crippen molar-refractivity contribution in [2.75, 3.05) is 31.3 Å². The van der Waals surface area contributed by atoms with Crippen LogP contribution >= 0.6 is 0 Å². The van der Waals surface area contributed by atoms with Gasteiger partial charge in [-0.25, -0.2) is 8.42 Å². The minimum atomic E-state index is -3.44. The van der Waals surface area contributed by atoms with Gasteiger partial charge in [-0.2, -0.15) is 0 Å². The number of nitrogens with one attached hydrogen (secondary N) is 1. The summed E-state index contributed by atoms with van der Waals surface area (Å²) in [5.41, 5.74) is 2.38. The van der Waals surface area contributed by atoms with Gasteiger partial charge in [-0.3, -0.25) is 9.10 Å². The SMILES string of the molecule is COc1ccc(OC)c([C@@H](C)NC(=O)CCCN(c2cccc(C)c2)S(C)(=O)=O)c1. The quantitative estimate of drug-likeness (QED) is 0.619. The number of amides is 1. The summed E-state index contributed by atoms with van der Waals surface area (Å²) < 4.78 is 36.4. The van der Waals surface area contributed by atoms with Gasteiger partial charge >= 0.3 is 0 Å². The topological polar surface area (TPSA) is 84.9 Å². The molecule has 2 rings (SSSR count). The van der Waals surface area contributed by atoms with Crippen molar-refractivity contribution in [2.24, 2.45) is 0 Å². The first-order valence-electron chi connectivity index (χ1n) is 9.71. The predicted molar refractivity (Wildman–Crippen MR) is 119 cm³/mol. The van der Waals surface area contributed by atoms with Crippen molar-refractivity contribution in [2.45, 2.75) is 32.7 Å². The third-order valence-electron chi connectivity index (χ3n) is 4.74. The molecule has 0 heterocycles. The van der Waals surface area contributed by atoms with E-state index in [0.29, 0.717) is 23.6 Å². The molecule has 0 saturated carbocycles. The molecule has 0 spiro atoms.